The molecule has 0 amide bonds. The molecule has 2 aromatic carbocycles. The normalized spacial score (nSPS) is 23.7. The van der Waals surface area contributed by atoms with Gasteiger partial charge in [0.1, 0.15) is 17.3 Å². The van der Waals surface area contributed by atoms with Crippen LogP contribution in [0.1, 0.15) is 93.0 Å². The van der Waals surface area contributed by atoms with Gasteiger partial charge in [0.25, 0.3) is 0 Å². The lowest BCUT2D eigenvalue weighted by Crippen LogP contribution is -2.37. The third-order valence-electron chi connectivity index (χ3n) is 9.59. The average molecular weight is 564 g/mol. The molecule has 222 valence electrons. The summed E-state index contributed by atoms with van der Waals surface area (Å²) in [6.07, 6.45) is 9.64. The largest absolute Gasteiger partial charge is 0.490 e. The van der Waals surface area contributed by atoms with E-state index < -0.39 is 5.41 Å². The number of carbonyl (C=O) groups excluding carboxylic acids is 1. The molecule has 2 aliphatic heterocycles. The summed E-state index contributed by atoms with van der Waals surface area (Å²) in [5.74, 6) is 1.56. The summed E-state index contributed by atoms with van der Waals surface area (Å²) in [6.45, 7) is 15.0. The fourth-order valence-electron chi connectivity index (χ4n) is 7.56. The van der Waals surface area contributed by atoms with Gasteiger partial charge in [-0.05, 0) is 87.4 Å². The molecule has 4 atom stereocenters. The standard InChI is InChI=1S/C35H46FNO4/c1-6-17-35(5,26-13-15-27(36)16-14-26)32-23(2)33-31(29-11-8-7-10-28(29)25(4)40-33)34(24(32)3)41-30(38)12-9-18-37-19-21-39-22-20-37/h8,11,13-16,25,28-29H,6-7,9-10,12,17-22H2,1-5H3. The highest BCUT2D eigenvalue weighted by atomic mass is 19.1. The van der Waals surface area contributed by atoms with E-state index in [2.05, 4.69) is 51.7 Å². The van der Waals surface area contributed by atoms with E-state index in [1.165, 1.54) is 12.1 Å². The number of rotatable bonds is 9. The molecule has 2 heterocycles. The molecule has 0 spiro atoms. The van der Waals surface area contributed by atoms with E-state index in [4.69, 9.17) is 14.2 Å². The van der Waals surface area contributed by atoms with Crippen molar-refractivity contribution in [3.05, 3.63) is 70.1 Å². The van der Waals surface area contributed by atoms with Crippen LogP contribution in [0.3, 0.4) is 0 Å². The Morgan fingerprint density at radius 1 is 1.15 bits per heavy atom. The van der Waals surface area contributed by atoms with E-state index in [1.54, 1.807) is 0 Å². The number of esters is 1. The molecular weight excluding hydrogens is 517 g/mol. The third-order valence-corrected chi connectivity index (χ3v) is 9.59. The van der Waals surface area contributed by atoms with Crippen molar-refractivity contribution >= 4 is 5.97 Å². The first kappa shape index (κ1) is 29.8. The molecule has 5 nitrogen and oxygen atoms in total. The van der Waals surface area contributed by atoms with E-state index in [9.17, 15) is 9.18 Å². The van der Waals surface area contributed by atoms with Crippen LogP contribution in [-0.4, -0.2) is 49.8 Å². The number of benzene rings is 2. The second-order valence-electron chi connectivity index (χ2n) is 12.3. The first-order valence-corrected chi connectivity index (χ1v) is 15.5. The molecule has 1 aliphatic carbocycles. The van der Waals surface area contributed by atoms with Gasteiger partial charge in [0, 0.05) is 42.3 Å². The number of ether oxygens (including phenoxy) is 3. The number of morpholine rings is 1. The van der Waals surface area contributed by atoms with Crippen molar-refractivity contribution in [2.75, 3.05) is 32.8 Å². The molecule has 0 saturated carbocycles. The number of halogens is 1. The Morgan fingerprint density at radius 2 is 1.88 bits per heavy atom. The van der Waals surface area contributed by atoms with Gasteiger partial charge in [0.05, 0.1) is 19.3 Å². The molecule has 3 aliphatic rings. The van der Waals surface area contributed by atoms with Gasteiger partial charge in [-0.3, -0.25) is 9.69 Å². The second-order valence-corrected chi connectivity index (χ2v) is 12.3. The predicted octanol–water partition coefficient (Wildman–Crippen LogP) is 7.40. The molecule has 0 bridgehead atoms. The van der Waals surface area contributed by atoms with Crippen molar-refractivity contribution in [2.45, 2.75) is 90.6 Å². The fraction of sp³-hybridized carbons (Fsp3) is 0.571. The Bertz CT molecular complexity index is 1270. The molecular formula is C35H46FNO4. The van der Waals surface area contributed by atoms with Crippen LogP contribution in [-0.2, 0) is 14.9 Å². The molecule has 41 heavy (non-hydrogen) atoms. The summed E-state index contributed by atoms with van der Waals surface area (Å²) in [7, 11) is 0. The lowest BCUT2D eigenvalue weighted by molar-refractivity contribution is -0.134. The first-order valence-electron chi connectivity index (χ1n) is 15.5. The molecule has 4 unspecified atom stereocenters. The number of allylic oxidation sites excluding steroid dienone is 2. The van der Waals surface area contributed by atoms with Gasteiger partial charge in [-0.15, -0.1) is 0 Å². The average Bonchev–Trinajstić information content (AvgIpc) is 2.96. The Balaban J connectivity index is 1.57. The zero-order chi connectivity index (χ0) is 29.1. The van der Waals surface area contributed by atoms with E-state index in [-0.39, 0.29) is 23.8 Å². The summed E-state index contributed by atoms with van der Waals surface area (Å²) in [5.41, 5.74) is 4.85. The van der Waals surface area contributed by atoms with Gasteiger partial charge in [0.2, 0.25) is 0 Å². The van der Waals surface area contributed by atoms with Crippen LogP contribution < -0.4 is 9.47 Å². The van der Waals surface area contributed by atoms with Crippen LogP contribution >= 0.6 is 0 Å². The maximum Gasteiger partial charge on any atom is 0.311 e. The predicted molar refractivity (Wildman–Crippen MR) is 161 cm³/mol. The molecule has 1 saturated heterocycles. The van der Waals surface area contributed by atoms with Gasteiger partial charge < -0.3 is 14.2 Å². The number of hydrogen-bond donors (Lipinski definition) is 0. The van der Waals surface area contributed by atoms with Gasteiger partial charge in [-0.1, -0.05) is 44.6 Å². The molecule has 0 radical (unpaired) electrons. The summed E-state index contributed by atoms with van der Waals surface area (Å²) in [5, 5.41) is 0. The van der Waals surface area contributed by atoms with Crippen molar-refractivity contribution in [2.24, 2.45) is 5.92 Å². The Labute approximate surface area is 245 Å². The minimum absolute atomic E-state index is 0.0621. The second kappa shape index (κ2) is 12.7. The smallest absolute Gasteiger partial charge is 0.311 e. The molecule has 5 rings (SSSR count). The number of fused-ring (bicyclic) bond motifs is 3. The van der Waals surface area contributed by atoms with E-state index in [1.807, 2.05) is 12.1 Å². The number of nitrogens with zero attached hydrogens (tertiary/aromatic N) is 1. The van der Waals surface area contributed by atoms with Gasteiger partial charge >= 0.3 is 5.97 Å². The molecule has 6 heteroatoms. The van der Waals surface area contributed by atoms with Crippen molar-refractivity contribution in [1.82, 2.24) is 4.90 Å². The summed E-state index contributed by atoms with van der Waals surface area (Å²) in [4.78, 5) is 15.8. The highest BCUT2D eigenvalue weighted by molar-refractivity contribution is 5.76. The Kier molecular flexibility index (Phi) is 9.20. The number of hydrogen-bond acceptors (Lipinski definition) is 5. The van der Waals surface area contributed by atoms with Crippen LogP contribution in [0.2, 0.25) is 0 Å². The quantitative estimate of drug-likeness (QED) is 0.181. The zero-order valence-electron chi connectivity index (χ0n) is 25.4. The SMILES string of the molecule is CCCC(C)(c1ccc(F)cc1)c1c(C)c(OC(=O)CCCN2CCOCC2)c2c(c1C)OC(C)C1CCC=CC21. The Morgan fingerprint density at radius 3 is 2.59 bits per heavy atom. The summed E-state index contributed by atoms with van der Waals surface area (Å²) in [6, 6.07) is 6.86. The Hall–Kier alpha value is -2.70. The van der Waals surface area contributed by atoms with Crippen LogP contribution in [0, 0.1) is 25.6 Å². The lowest BCUT2D eigenvalue weighted by atomic mass is 9.67. The maximum atomic E-state index is 14.0. The van der Waals surface area contributed by atoms with Crippen molar-refractivity contribution in [3.8, 4) is 11.5 Å². The zero-order valence-corrected chi connectivity index (χ0v) is 25.4. The summed E-state index contributed by atoms with van der Waals surface area (Å²) < 4.78 is 32.6. The molecule has 1 fully saturated rings. The van der Waals surface area contributed by atoms with Gasteiger partial charge in [-0.2, -0.15) is 0 Å². The highest BCUT2D eigenvalue weighted by Gasteiger charge is 2.43. The van der Waals surface area contributed by atoms with Crippen LogP contribution in [0.4, 0.5) is 4.39 Å². The molecule has 2 aromatic rings. The van der Waals surface area contributed by atoms with E-state index in [0.29, 0.717) is 18.1 Å². The van der Waals surface area contributed by atoms with Crippen molar-refractivity contribution < 1.29 is 23.4 Å². The van der Waals surface area contributed by atoms with Crippen LogP contribution in [0.15, 0.2) is 36.4 Å². The summed E-state index contributed by atoms with van der Waals surface area (Å²) >= 11 is 0. The van der Waals surface area contributed by atoms with Crippen molar-refractivity contribution in [3.63, 3.8) is 0 Å². The van der Waals surface area contributed by atoms with Crippen LogP contribution in [0.25, 0.3) is 0 Å². The third kappa shape index (κ3) is 5.96. The fourth-order valence-corrected chi connectivity index (χ4v) is 7.56. The van der Waals surface area contributed by atoms with Crippen molar-refractivity contribution in [1.29, 1.82) is 0 Å². The van der Waals surface area contributed by atoms with Gasteiger partial charge in [-0.25, -0.2) is 4.39 Å². The monoisotopic (exact) mass is 563 g/mol. The first-order chi connectivity index (χ1) is 19.7. The minimum atomic E-state index is -0.408. The topological polar surface area (TPSA) is 48.0 Å². The molecule has 0 aromatic heterocycles. The van der Waals surface area contributed by atoms with E-state index >= 15 is 0 Å². The van der Waals surface area contributed by atoms with Crippen LogP contribution in [0.5, 0.6) is 11.5 Å². The minimum Gasteiger partial charge on any atom is -0.490 e. The van der Waals surface area contributed by atoms with E-state index in [0.717, 1.165) is 98.5 Å². The van der Waals surface area contributed by atoms with Gasteiger partial charge in [0.15, 0.2) is 0 Å². The highest BCUT2D eigenvalue weighted by Crippen LogP contribution is 2.55. The maximum absolute atomic E-state index is 14.0. The lowest BCUT2D eigenvalue weighted by Gasteiger charge is -2.43. The molecule has 0 N–H and O–H groups in total. The number of carbonyl (C=O) groups is 1.